The molecule has 0 saturated carbocycles. The lowest BCUT2D eigenvalue weighted by molar-refractivity contribution is 0.921. The van der Waals surface area contributed by atoms with Gasteiger partial charge in [0.05, 0.1) is 0 Å². The summed E-state index contributed by atoms with van der Waals surface area (Å²) in [6.07, 6.45) is 9.22. The molecule has 4 aromatic rings. The van der Waals surface area contributed by atoms with E-state index in [1.165, 1.54) is 44.5 Å². The Bertz CT molecular complexity index is 833. The van der Waals surface area contributed by atoms with Crippen LogP contribution >= 0.6 is 0 Å². The second-order valence-corrected chi connectivity index (χ2v) is 9.27. The third-order valence-corrected chi connectivity index (χ3v) is 6.90. The Kier molecular flexibility index (Phi) is 6.49. The lowest BCUT2D eigenvalue weighted by Crippen LogP contribution is -1.97. The highest BCUT2D eigenvalue weighted by Crippen LogP contribution is 2.16. The molecular formula is C32H32. The Morgan fingerprint density at radius 2 is 0.281 bits per heavy atom. The molecule has 0 amide bonds. The van der Waals surface area contributed by atoms with Gasteiger partial charge in [-0.25, -0.2) is 0 Å². The first-order chi connectivity index (χ1) is 15.8. The smallest absolute Gasteiger partial charge is 0.0238 e. The van der Waals surface area contributed by atoms with Crippen molar-refractivity contribution in [1.82, 2.24) is 0 Å². The Balaban J connectivity index is 0.000000135. The molecule has 160 valence electrons. The average Bonchev–Trinajstić information content (AvgIpc) is 2.84. The Morgan fingerprint density at radius 1 is 0.188 bits per heavy atom. The second kappa shape index (κ2) is 10.0. The van der Waals surface area contributed by atoms with E-state index in [2.05, 4.69) is 97.1 Å². The van der Waals surface area contributed by atoms with E-state index >= 15 is 0 Å². The predicted octanol–water partition coefficient (Wildman–Crippen LogP) is 7.14. The van der Waals surface area contributed by atoms with Crippen molar-refractivity contribution in [1.29, 1.82) is 0 Å². The van der Waals surface area contributed by atoms with Crippen molar-refractivity contribution in [2.75, 3.05) is 0 Å². The Morgan fingerprint density at radius 3 is 0.375 bits per heavy atom. The van der Waals surface area contributed by atoms with Gasteiger partial charge in [0.15, 0.2) is 0 Å². The maximum absolute atomic E-state index is 2.28. The molecule has 0 heterocycles. The number of benzene rings is 4. The lowest BCUT2D eigenvalue weighted by Gasteiger charge is -2.09. The Hall–Kier alpha value is -3.12. The molecule has 8 bridgehead atoms. The standard InChI is InChI=1S/2C16H16/c2*1-2-14-4-3-13(1)9-10-15-5-7-16(8-6-15)12-11-14/h2*1-8H,9-12H2. The summed E-state index contributed by atoms with van der Waals surface area (Å²) >= 11 is 0. The fourth-order valence-corrected chi connectivity index (χ4v) is 4.65. The van der Waals surface area contributed by atoms with Crippen molar-refractivity contribution in [3.63, 3.8) is 0 Å². The van der Waals surface area contributed by atoms with Crippen LogP contribution in [0, 0.1) is 0 Å². The third-order valence-electron chi connectivity index (χ3n) is 6.90. The number of aryl methyl sites for hydroxylation is 8. The molecule has 0 aliphatic heterocycles. The van der Waals surface area contributed by atoms with Gasteiger partial charge < -0.3 is 0 Å². The average molecular weight is 417 g/mol. The topological polar surface area (TPSA) is 0 Å². The predicted molar refractivity (Wildman–Crippen MR) is 135 cm³/mol. The SMILES string of the molecule is c1cc2ccc1CCc1ccc(cc1)CC2.c1cc2ccc1CCc1ccc(cc1)CC2. The van der Waals surface area contributed by atoms with Crippen molar-refractivity contribution in [3.05, 3.63) is 142 Å². The first-order valence-corrected chi connectivity index (χ1v) is 12.1. The minimum Gasteiger partial charge on any atom is -0.0588 e. The van der Waals surface area contributed by atoms with Gasteiger partial charge in [-0.2, -0.15) is 0 Å². The number of hydrogen-bond acceptors (Lipinski definition) is 0. The van der Waals surface area contributed by atoms with Gasteiger partial charge in [-0.3, -0.25) is 0 Å². The maximum atomic E-state index is 2.28. The number of rotatable bonds is 0. The van der Waals surface area contributed by atoms with Crippen LogP contribution in [0.3, 0.4) is 0 Å². The van der Waals surface area contributed by atoms with Crippen molar-refractivity contribution >= 4 is 0 Å². The van der Waals surface area contributed by atoms with Crippen LogP contribution in [0.25, 0.3) is 0 Å². The summed E-state index contributed by atoms with van der Waals surface area (Å²) in [5, 5.41) is 0. The lowest BCUT2D eigenvalue weighted by atomic mass is 9.97. The summed E-state index contributed by atoms with van der Waals surface area (Å²) in [5.41, 5.74) is 11.6. The van der Waals surface area contributed by atoms with Crippen LogP contribution in [0.2, 0.25) is 0 Å². The zero-order valence-electron chi connectivity index (χ0n) is 18.9. The molecule has 0 fully saturated rings. The van der Waals surface area contributed by atoms with Crippen molar-refractivity contribution < 1.29 is 0 Å². The van der Waals surface area contributed by atoms with Crippen LogP contribution in [-0.2, 0) is 51.4 Å². The van der Waals surface area contributed by atoms with Gasteiger partial charge in [-0.05, 0) is 95.9 Å². The van der Waals surface area contributed by atoms with Crippen LogP contribution in [0.5, 0.6) is 0 Å². The first-order valence-electron chi connectivity index (χ1n) is 12.1. The van der Waals surface area contributed by atoms with Crippen LogP contribution in [0.1, 0.15) is 44.5 Å². The quantitative estimate of drug-likeness (QED) is 0.286. The van der Waals surface area contributed by atoms with Crippen LogP contribution in [0.4, 0.5) is 0 Å². The van der Waals surface area contributed by atoms with Crippen LogP contribution < -0.4 is 0 Å². The van der Waals surface area contributed by atoms with E-state index in [-0.39, 0.29) is 0 Å². The van der Waals surface area contributed by atoms with E-state index in [0.29, 0.717) is 0 Å². The molecule has 0 N–H and O–H groups in total. The highest BCUT2D eigenvalue weighted by molar-refractivity contribution is 5.30. The van der Waals surface area contributed by atoms with Crippen molar-refractivity contribution in [2.24, 2.45) is 0 Å². The number of hydrogen-bond donors (Lipinski definition) is 0. The van der Waals surface area contributed by atoms with E-state index in [4.69, 9.17) is 0 Å². The van der Waals surface area contributed by atoms with Gasteiger partial charge in [0.2, 0.25) is 0 Å². The molecule has 4 aromatic carbocycles. The molecule has 12 rings (SSSR count). The Labute approximate surface area is 193 Å². The third kappa shape index (κ3) is 5.56. The minimum absolute atomic E-state index is 1.15. The molecule has 0 atom stereocenters. The molecule has 8 aliphatic carbocycles. The van der Waals surface area contributed by atoms with E-state index in [0.717, 1.165) is 51.4 Å². The molecule has 0 nitrogen and oxygen atoms in total. The largest absolute Gasteiger partial charge is 0.0588 e. The van der Waals surface area contributed by atoms with Crippen LogP contribution in [-0.4, -0.2) is 0 Å². The van der Waals surface area contributed by atoms with Gasteiger partial charge in [-0.1, -0.05) is 97.1 Å². The van der Waals surface area contributed by atoms with Crippen molar-refractivity contribution in [3.8, 4) is 0 Å². The van der Waals surface area contributed by atoms with E-state index in [1.54, 1.807) is 0 Å². The molecule has 0 aromatic heterocycles. The van der Waals surface area contributed by atoms with E-state index in [9.17, 15) is 0 Å². The highest BCUT2D eigenvalue weighted by atomic mass is 14.1. The van der Waals surface area contributed by atoms with Gasteiger partial charge in [-0.15, -0.1) is 0 Å². The molecule has 0 radical (unpaired) electrons. The van der Waals surface area contributed by atoms with Gasteiger partial charge in [0, 0.05) is 0 Å². The molecule has 0 heteroatoms. The molecule has 32 heavy (non-hydrogen) atoms. The zero-order chi connectivity index (χ0) is 21.6. The summed E-state index contributed by atoms with van der Waals surface area (Å²) in [4.78, 5) is 0. The van der Waals surface area contributed by atoms with E-state index < -0.39 is 0 Å². The first kappa shape index (κ1) is 20.8. The van der Waals surface area contributed by atoms with Crippen LogP contribution in [0.15, 0.2) is 97.1 Å². The van der Waals surface area contributed by atoms with E-state index in [1.807, 2.05) is 0 Å². The fourth-order valence-electron chi connectivity index (χ4n) is 4.65. The molecule has 8 aliphatic rings. The summed E-state index contributed by atoms with van der Waals surface area (Å²) in [5.74, 6) is 0. The zero-order valence-corrected chi connectivity index (χ0v) is 18.9. The summed E-state index contributed by atoms with van der Waals surface area (Å²) < 4.78 is 0. The molecular weight excluding hydrogens is 384 g/mol. The van der Waals surface area contributed by atoms with Gasteiger partial charge >= 0.3 is 0 Å². The van der Waals surface area contributed by atoms with Gasteiger partial charge in [0.1, 0.15) is 0 Å². The fraction of sp³-hybridized carbons (Fsp3) is 0.250. The van der Waals surface area contributed by atoms with Crippen molar-refractivity contribution in [2.45, 2.75) is 51.4 Å². The molecule has 0 unspecified atom stereocenters. The molecule has 0 spiro atoms. The molecule has 0 saturated heterocycles. The summed E-state index contributed by atoms with van der Waals surface area (Å²) in [6, 6.07) is 36.5. The second-order valence-electron chi connectivity index (χ2n) is 9.27. The summed E-state index contributed by atoms with van der Waals surface area (Å²) in [7, 11) is 0. The summed E-state index contributed by atoms with van der Waals surface area (Å²) in [6.45, 7) is 0. The normalized spacial score (nSPS) is 14.5. The van der Waals surface area contributed by atoms with Gasteiger partial charge in [0.25, 0.3) is 0 Å². The maximum Gasteiger partial charge on any atom is -0.0238 e. The minimum atomic E-state index is 1.15. The highest BCUT2D eigenvalue weighted by Gasteiger charge is 2.03. The monoisotopic (exact) mass is 416 g/mol.